The van der Waals surface area contributed by atoms with Gasteiger partial charge in [-0.05, 0) is 58.0 Å². The topological polar surface area (TPSA) is 208 Å². The van der Waals surface area contributed by atoms with E-state index >= 15 is 0 Å². The maximum absolute atomic E-state index is 10.9. The number of benzene rings is 2. The summed E-state index contributed by atoms with van der Waals surface area (Å²) in [6.45, 7) is 0.438. The number of halogens is 1. The first-order chi connectivity index (χ1) is 17.9. The van der Waals surface area contributed by atoms with Crippen molar-refractivity contribution in [2.24, 2.45) is 0 Å². The van der Waals surface area contributed by atoms with Crippen molar-refractivity contribution < 1.29 is 63.6 Å². The predicted molar refractivity (Wildman–Crippen MR) is 142 cm³/mol. The quantitative estimate of drug-likeness (QED) is 0.150. The highest BCUT2D eigenvalue weighted by Crippen LogP contribution is 2.38. The summed E-state index contributed by atoms with van der Waals surface area (Å²) in [6.07, 6.45) is 3.55. The molecular weight excluding hydrogens is 638 g/mol. The lowest BCUT2D eigenvalue weighted by Gasteiger charge is -2.29. The van der Waals surface area contributed by atoms with E-state index in [2.05, 4.69) is 48.1 Å². The van der Waals surface area contributed by atoms with E-state index in [9.17, 15) is 23.9 Å². The molecule has 0 heterocycles. The minimum Gasteiger partial charge on any atom is -0.780 e. The predicted octanol–water partition coefficient (Wildman–Crippen LogP) is -0.502. The fourth-order valence-corrected chi connectivity index (χ4v) is 3.65. The van der Waals surface area contributed by atoms with Crippen LogP contribution in [0.5, 0.6) is 23.0 Å². The lowest BCUT2D eigenvalue weighted by Crippen LogP contribution is -2.54. The number of carbonyl (C=O) groups excluding carboxylic acids is 2. The average Bonchev–Trinajstić information content (AvgIpc) is 2.90. The van der Waals surface area contributed by atoms with Gasteiger partial charge in [-0.3, -0.25) is 0 Å². The summed E-state index contributed by atoms with van der Waals surface area (Å²) in [6, 6.07) is 8.34. The van der Waals surface area contributed by atoms with Crippen LogP contribution in [0.15, 0.2) is 30.3 Å². The maximum atomic E-state index is 10.9. The third-order valence-electron chi connectivity index (χ3n) is 4.19. The highest BCUT2D eigenvalue weighted by Gasteiger charge is 2.10. The molecule has 0 aromatic heterocycles. The molecule has 6 N–H and O–H groups in total. The average molecular weight is 670 g/mol. The number of hydrogen-bond acceptors (Lipinski definition) is 11. The molecule has 0 aliphatic carbocycles. The van der Waals surface area contributed by atoms with Crippen molar-refractivity contribution in [3.8, 4) is 23.0 Å². The molecule has 38 heavy (non-hydrogen) atoms. The van der Waals surface area contributed by atoms with E-state index in [4.69, 9.17) is 14.2 Å². The summed E-state index contributed by atoms with van der Waals surface area (Å²) in [4.78, 5) is 41.5. The lowest BCUT2D eigenvalue weighted by molar-refractivity contribution is -0.359. The zero-order chi connectivity index (χ0) is 29.3. The minimum atomic E-state index is -5.19. The lowest BCUT2D eigenvalue weighted by atomic mass is 10.1. The molecule has 13 nitrogen and oxygen atoms in total. The molecule has 2 rings (SSSR count). The van der Waals surface area contributed by atoms with Crippen LogP contribution < -0.4 is 40.0 Å². The van der Waals surface area contributed by atoms with Gasteiger partial charge in [-0.1, -0.05) is 18.2 Å². The summed E-state index contributed by atoms with van der Waals surface area (Å²) in [7, 11) is 1.97. The van der Waals surface area contributed by atoms with Crippen molar-refractivity contribution in [1.29, 1.82) is 0 Å². The van der Waals surface area contributed by atoms with Crippen LogP contribution in [0.3, 0.4) is 0 Å². The van der Waals surface area contributed by atoms with Crippen LogP contribution in [-0.4, -0.2) is 60.6 Å². The number of phosphoric acid groups is 1. The Balaban J connectivity index is 0.000000948. The normalized spacial score (nSPS) is 10.3. The fourth-order valence-electron chi connectivity index (χ4n) is 2.42. The molecule has 0 saturated heterocycles. The van der Waals surface area contributed by atoms with Crippen LogP contribution in [0.2, 0.25) is 0 Å². The van der Waals surface area contributed by atoms with E-state index in [0.29, 0.717) is 17.1 Å². The van der Waals surface area contributed by atoms with Crippen LogP contribution in [-0.2, 0) is 23.6 Å². The van der Waals surface area contributed by atoms with Gasteiger partial charge in [0.15, 0.2) is 36.1 Å². The molecule has 0 spiro atoms. The molecule has 0 radical (unpaired) electrons. The first kappa shape index (κ1) is 35.1. The summed E-state index contributed by atoms with van der Waals surface area (Å²) in [5.74, 6) is 0.688. The number of rotatable bonds is 9. The van der Waals surface area contributed by atoms with Crippen molar-refractivity contribution in [3.63, 3.8) is 0 Å². The van der Waals surface area contributed by atoms with E-state index in [0.717, 1.165) is 9.13 Å². The fraction of sp³-hybridized carbons (Fsp3) is 0.304. The van der Waals surface area contributed by atoms with Crippen molar-refractivity contribution in [2.75, 3.05) is 48.6 Å². The second kappa shape index (κ2) is 18.4. The Kier molecular flexibility index (Phi) is 17.0. The number of carbonyl (C=O) groups is 2. The standard InChI is InChI=1S/C17H18IO7P.2C3H7NO2/c1-22-14-7-6-11(9-15(14)25-26(19,20)21)4-5-12-8-13(18)17(24-3)16(10-12)23-2;2*1-6-3(5)2-4/h4-10H,1-3H3,(H2,19,20,21);2*2,4H2,1H3/b5-4-;;. The van der Waals surface area contributed by atoms with Gasteiger partial charge in [0.25, 0.3) is 0 Å². The Hall–Kier alpha value is -2.88. The van der Waals surface area contributed by atoms with Gasteiger partial charge in [0.2, 0.25) is 0 Å². The molecule has 0 amide bonds. The van der Waals surface area contributed by atoms with Crippen molar-refractivity contribution in [1.82, 2.24) is 0 Å². The van der Waals surface area contributed by atoms with Gasteiger partial charge in [-0.25, -0.2) is 9.59 Å². The zero-order valence-electron chi connectivity index (χ0n) is 21.7. The Morgan fingerprint density at radius 2 is 1.32 bits per heavy atom. The third-order valence-corrected chi connectivity index (χ3v) is 5.41. The molecule has 2 aromatic carbocycles. The van der Waals surface area contributed by atoms with Gasteiger partial charge in [-0.2, -0.15) is 0 Å². The molecular formula is C23H32IN2O11P. The smallest absolute Gasteiger partial charge is 0.361 e. The molecule has 212 valence electrons. The molecule has 2 aromatic rings. The number of phosphoric ester groups is 1. The zero-order valence-corrected chi connectivity index (χ0v) is 24.7. The van der Waals surface area contributed by atoms with Crippen LogP contribution >= 0.6 is 30.4 Å². The second-order valence-corrected chi connectivity index (χ2v) is 8.91. The minimum absolute atomic E-state index is 0.148. The maximum Gasteiger partial charge on any atom is 0.361 e. The van der Waals surface area contributed by atoms with Gasteiger partial charge >= 0.3 is 11.9 Å². The van der Waals surface area contributed by atoms with Crippen LogP contribution in [0, 0.1) is 3.57 Å². The molecule has 0 fully saturated rings. The van der Waals surface area contributed by atoms with Crippen LogP contribution in [0.25, 0.3) is 12.2 Å². The number of esters is 2. The van der Waals surface area contributed by atoms with E-state index in [-0.39, 0.29) is 36.5 Å². The molecule has 0 unspecified atom stereocenters. The Morgan fingerprint density at radius 1 is 0.816 bits per heavy atom. The summed E-state index contributed by atoms with van der Waals surface area (Å²) in [5, 5.41) is 0. The first-order valence-electron chi connectivity index (χ1n) is 10.6. The van der Waals surface area contributed by atoms with Crippen molar-refractivity contribution in [3.05, 3.63) is 45.0 Å². The third kappa shape index (κ3) is 13.6. The molecule has 0 saturated carbocycles. The summed E-state index contributed by atoms with van der Waals surface area (Å²) in [5.41, 5.74) is 8.04. The second-order valence-electron chi connectivity index (χ2n) is 6.67. The highest BCUT2D eigenvalue weighted by atomic mass is 127. The van der Waals surface area contributed by atoms with Crippen molar-refractivity contribution >= 4 is 54.5 Å². The van der Waals surface area contributed by atoms with Gasteiger partial charge in [0.05, 0.1) is 39.1 Å². The monoisotopic (exact) mass is 670 g/mol. The van der Waals surface area contributed by atoms with Gasteiger partial charge in [0.1, 0.15) is 7.82 Å². The summed E-state index contributed by atoms with van der Waals surface area (Å²) < 4.78 is 40.2. The molecule has 0 aliphatic heterocycles. The van der Waals surface area contributed by atoms with E-state index < -0.39 is 7.82 Å². The number of hydrogen-bond donors (Lipinski definition) is 2. The Bertz CT molecular complexity index is 1090. The Labute approximate surface area is 234 Å². The van der Waals surface area contributed by atoms with Gasteiger partial charge < -0.3 is 54.0 Å². The van der Waals surface area contributed by atoms with Crippen LogP contribution in [0.4, 0.5) is 0 Å². The van der Waals surface area contributed by atoms with Crippen LogP contribution in [0.1, 0.15) is 11.1 Å². The van der Waals surface area contributed by atoms with Gasteiger partial charge in [0, 0.05) is 0 Å². The largest absolute Gasteiger partial charge is 0.780 e. The highest BCUT2D eigenvalue weighted by molar-refractivity contribution is 14.1. The van der Waals surface area contributed by atoms with E-state index in [1.54, 1.807) is 26.4 Å². The number of methoxy groups -OCH3 is 5. The van der Waals surface area contributed by atoms with Crippen molar-refractivity contribution in [2.45, 2.75) is 0 Å². The molecule has 15 heteroatoms. The molecule has 0 aliphatic rings. The molecule has 0 bridgehead atoms. The van der Waals surface area contributed by atoms with E-state index in [1.165, 1.54) is 33.5 Å². The first-order valence-corrected chi connectivity index (χ1v) is 13.1. The molecule has 0 atom stereocenters. The number of quaternary nitrogens is 2. The Morgan fingerprint density at radius 3 is 1.71 bits per heavy atom. The van der Waals surface area contributed by atoms with E-state index in [1.807, 2.05) is 18.2 Å². The SMILES string of the molecule is COC(=O)C[NH3+].COC(=O)C[NH3+].COc1ccc(/C=C\c2cc(I)c(OC)c(OC)c2)cc1OP(=O)([O-])[O-]. The summed E-state index contributed by atoms with van der Waals surface area (Å²) >= 11 is 2.14. The number of ether oxygens (including phenoxy) is 5. The van der Waals surface area contributed by atoms with Gasteiger partial charge in [-0.15, -0.1) is 0 Å².